The average Bonchev–Trinajstić information content (AvgIpc) is 1.61. The lowest BCUT2D eigenvalue weighted by atomic mass is 10.7. The molecule has 0 aromatic heterocycles. The van der Waals surface area contributed by atoms with Gasteiger partial charge in [0.1, 0.15) is 0 Å². The van der Waals surface area contributed by atoms with Crippen molar-refractivity contribution in [2.45, 2.75) is 6.92 Å². The summed E-state index contributed by atoms with van der Waals surface area (Å²) in [6.45, 7) is 2.73. The minimum atomic E-state index is 0.841. The van der Waals surface area contributed by atoms with Crippen molar-refractivity contribution in [3.05, 3.63) is 0 Å². The molecular weight excluding hydrogens is 126 g/mol. The maximum absolute atomic E-state index is 4.72. The summed E-state index contributed by atoms with van der Waals surface area (Å²) in [4.78, 5) is 0.842. The van der Waals surface area contributed by atoms with E-state index in [0.29, 0.717) is 0 Å². The first-order valence-corrected chi connectivity index (χ1v) is 3.16. The number of thiol groups is 1. The Balaban J connectivity index is 2.82. The Morgan fingerprint density at radius 1 is 1.86 bits per heavy atom. The van der Waals surface area contributed by atoms with Crippen molar-refractivity contribution in [3.63, 3.8) is 0 Å². The van der Waals surface area contributed by atoms with Crippen LogP contribution in [0.3, 0.4) is 0 Å². The van der Waals surface area contributed by atoms with Crippen LogP contribution in [0.15, 0.2) is 0 Å². The second kappa shape index (κ2) is 4.40. The molecule has 3 heteroatoms. The van der Waals surface area contributed by atoms with Crippen LogP contribution in [0.4, 0.5) is 0 Å². The van der Waals surface area contributed by atoms with Crippen molar-refractivity contribution in [3.8, 4) is 0 Å². The number of hydrogen-bond donors (Lipinski definition) is 2. The van der Waals surface area contributed by atoms with Gasteiger partial charge in [0.2, 0.25) is 0 Å². The first kappa shape index (κ1) is 7.24. The van der Waals surface area contributed by atoms with Crippen molar-refractivity contribution in [1.82, 2.24) is 5.32 Å². The predicted molar refractivity (Wildman–Crippen MR) is 40.1 cm³/mol. The summed E-state index contributed by atoms with van der Waals surface area (Å²) >= 11 is 8.69. The molecule has 0 aromatic rings. The van der Waals surface area contributed by atoms with Crippen LogP contribution in [0.2, 0.25) is 0 Å². The van der Waals surface area contributed by atoms with E-state index in [0.717, 1.165) is 17.3 Å². The minimum Gasteiger partial charge on any atom is -0.379 e. The maximum atomic E-state index is 4.72. The first-order valence-electron chi connectivity index (χ1n) is 2.12. The molecule has 0 heterocycles. The summed E-state index contributed by atoms with van der Waals surface area (Å²) in [7, 11) is 0. The third kappa shape index (κ3) is 6.24. The highest BCUT2D eigenvalue weighted by atomic mass is 32.1. The minimum absolute atomic E-state index is 0.841. The van der Waals surface area contributed by atoms with Gasteiger partial charge in [-0.2, -0.15) is 12.6 Å². The van der Waals surface area contributed by atoms with Gasteiger partial charge in [-0.3, -0.25) is 0 Å². The van der Waals surface area contributed by atoms with Crippen LogP contribution in [-0.2, 0) is 0 Å². The fourth-order valence-corrected chi connectivity index (χ4v) is 0.446. The smallest absolute Gasteiger partial charge is 0.0722 e. The van der Waals surface area contributed by atoms with Gasteiger partial charge in [0.25, 0.3) is 0 Å². The summed E-state index contributed by atoms with van der Waals surface area (Å²) < 4.78 is 0. The van der Waals surface area contributed by atoms with Crippen LogP contribution < -0.4 is 5.32 Å². The highest BCUT2D eigenvalue weighted by molar-refractivity contribution is 7.80. The van der Waals surface area contributed by atoms with Gasteiger partial charge in [-0.25, -0.2) is 0 Å². The van der Waals surface area contributed by atoms with Gasteiger partial charge in [0.15, 0.2) is 0 Å². The van der Waals surface area contributed by atoms with Crippen LogP contribution in [0.5, 0.6) is 0 Å². The molecule has 0 radical (unpaired) electrons. The Morgan fingerprint density at radius 3 is 2.57 bits per heavy atom. The number of thiocarbonyl (C=S) groups is 1. The standard InChI is InChI=1S/C4H9NS2/c1-4(7)5-2-3-6/h6H,2-3H2,1H3,(H,5,7). The fourth-order valence-electron chi connectivity index (χ4n) is 0.232. The van der Waals surface area contributed by atoms with E-state index < -0.39 is 0 Å². The van der Waals surface area contributed by atoms with Crippen molar-refractivity contribution in [2.24, 2.45) is 0 Å². The van der Waals surface area contributed by atoms with E-state index in [1.807, 2.05) is 6.92 Å². The monoisotopic (exact) mass is 135 g/mol. The van der Waals surface area contributed by atoms with Crippen molar-refractivity contribution in [1.29, 1.82) is 0 Å². The molecule has 0 saturated heterocycles. The van der Waals surface area contributed by atoms with Gasteiger partial charge in [0.05, 0.1) is 4.99 Å². The van der Waals surface area contributed by atoms with E-state index in [2.05, 4.69) is 17.9 Å². The molecule has 0 aromatic carbocycles. The molecule has 0 aliphatic rings. The van der Waals surface area contributed by atoms with Crippen LogP contribution in [-0.4, -0.2) is 17.3 Å². The van der Waals surface area contributed by atoms with Gasteiger partial charge < -0.3 is 5.32 Å². The first-order chi connectivity index (χ1) is 3.27. The number of nitrogens with one attached hydrogen (secondary N) is 1. The van der Waals surface area contributed by atoms with E-state index in [4.69, 9.17) is 12.2 Å². The maximum Gasteiger partial charge on any atom is 0.0722 e. The highest BCUT2D eigenvalue weighted by Crippen LogP contribution is 1.69. The van der Waals surface area contributed by atoms with E-state index in [-0.39, 0.29) is 0 Å². The molecule has 0 amide bonds. The lowest BCUT2D eigenvalue weighted by Crippen LogP contribution is -2.19. The van der Waals surface area contributed by atoms with E-state index in [1.165, 1.54) is 0 Å². The zero-order valence-corrected chi connectivity index (χ0v) is 5.98. The summed E-state index contributed by atoms with van der Waals surface area (Å²) in [6, 6.07) is 0. The lowest BCUT2D eigenvalue weighted by molar-refractivity contribution is 0.992. The highest BCUT2D eigenvalue weighted by Gasteiger charge is 1.79. The zero-order valence-electron chi connectivity index (χ0n) is 4.27. The Bertz CT molecular complexity index is 62.7. The molecule has 0 saturated carbocycles. The van der Waals surface area contributed by atoms with E-state index in [1.54, 1.807) is 0 Å². The topological polar surface area (TPSA) is 12.0 Å². The Morgan fingerprint density at radius 2 is 2.43 bits per heavy atom. The van der Waals surface area contributed by atoms with Gasteiger partial charge in [-0.15, -0.1) is 0 Å². The quantitative estimate of drug-likeness (QED) is 0.430. The van der Waals surface area contributed by atoms with Crippen molar-refractivity contribution >= 4 is 29.8 Å². The third-order valence-electron chi connectivity index (χ3n) is 0.486. The van der Waals surface area contributed by atoms with Crippen LogP contribution in [0.25, 0.3) is 0 Å². The predicted octanol–water partition coefficient (Wildman–Crippen LogP) is 0.853. The molecule has 0 spiro atoms. The molecule has 42 valence electrons. The summed E-state index contributed by atoms with van der Waals surface area (Å²) in [6.07, 6.45) is 0. The molecular formula is C4H9NS2. The fraction of sp³-hybridized carbons (Fsp3) is 0.750. The molecule has 0 bridgehead atoms. The molecule has 1 N–H and O–H groups in total. The van der Waals surface area contributed by atoms with E-state index in [9.17, 15) is 0 Å². The Labute approximate surface area is 54.9 Å². The van der Waals surface area contributed by atoms with Crippen LogP contribution in [0, 0.1) is 0 Å². The van der Waals surface area contributed by atoms with Crippen molar-refractivity contribution in [2.75, 3.05) is 12.3 Å². The third-order valence-corrected chi connectivity index (χ3v) is 0.854. The normalized spacial score (nSPS) is 8.29. The van der Waals surface area contributed by atoms with Crippen molar-refractivity contribution < 1.29 is 0 Å². The molecule has 0 fully saturated rings. The van der Waals surface area contributed by atoms with Gasteiger partial charge in [0, 0.05) is 12.3 Å². The molecule has 0 rings (SSSR count). The number of hydrogen-bond acceptors (Lipinski definition) is 2. The molecule has 1 nitrogen and oxygen atoms in total. The summed E-state index contributed by atoms with van der Waals surface area (Å²) in [5, 5.41) is 2.95. The van der Waals surface area contributed by atoms with Gasteiger partial charge in [-0.05, 0) is 6.92 Å². The molecule has 0 atom stereocenters. The van der Waals surface area contributed by atoms with Gasteiger partial charge >= 0.3 is 0 Å². The second-order valence-electron chi connectivity index (χ2n) is 1.21. The lowest BCUT2D eigenvalue weighted by Gasteiger charge is -1.96. The molecule has 7 heavy (non-hydrogen) atoms. The SMILES string of the molecule is CC(=S)NCCS. The molecule has 0 aliphatic carbocycles. The van der Waals surface area contributed by atoms with Crippen LogP contribution >= 0.6 is 24.8 Å². The Kier molecular flexibility index (Phi) is 4.55. The Hall–Kier alpha value is 0.240. The number of rotatable bonds is 2. The molecule has 0 unspecified atom stereocenters. The van der Waals surface area contributed by atoms with E-state index >= 15 is 0 Å². The largest absolute Gasteiger partial charge is 0.379 e. The average molecular weight is 135 g/mol. The summed E-state index contributed by atoms with van der Waals surface area (Å²) in [5.74, 6) is 0.841. The van der Waals surface area contributed by atoms with Crippen LogP contribution in [0.1, 0.15) is 6.92 Å². The zero-order chi connectivity index (χ0) is 5.70. The molecule has 0 aliphatic heterocycles. The second-order valence-corrected chi connectivity index (χ2v) is 2.27. The summed E-state index contributed by atoms with van der Waals surface area (Å²) in [5.41, 5.74) is 0. The van der Waals surface area contributed by atoms with Gasteiger partial charge in [-0.1, -0.05) is 12.2 Å².